The molecule has 146 valence electrons. The van der Waals surface area contributed by atoms with Gasteiger partial charge in [-0.05, 0) is 12.8 Å². The van der Waals surface area contributed by atoms with Crippen LogP contribution in [0.3, 0.4) is 0 Å². The van der Waals surface area contributed by atoms with Crippen molar-refractivity contribution in [3.63, 3.8) is 0 Å². The van der Waals surface area contributed by atoms with Crippen LogP contribution in [0.25, 0.3) is 0 Å². The Labute approximate surface area is 161 Å². The van der Waals surface area contributed by atoms with Gasteiger partial charge in [0.25, 0.3) is 11.5 Å². The Morgan fingerprint density at radius 1 is 1.44 bits per heavy atom. The molecule has 0 aromatic carbocycles. The van der Waals surface area contributed by atoms with Crippen molar-refractivity contribution in [1.29, 1.82) is 0 Å². The average Bonchev–Trinajstić information content (AvgIpc) is 3.43. The number of ether oxygens (including phenoxy) is 1. The Morgan fingerprint density at radius 3 is 3.00 bits per heavy atom. The molecule has 0 spiro atoms. The van der Waals surface area contributed by atoms with Crippen molar-refractivity contribution in [1.82, 2.24) is 25.3 Å². The first-order chi connectivity index (χ1) is 12.7. The van der Waals surface area contributed by atoms with E-state index in [1.165, 1.54) is 13.2 Å². The van der Waals surface area contributed by atoms with E-state index in [0.29, 0.717) is 54.9 Å². The Kier molecular flexibility index (Phi) is 5.81. The molecule has 1 fully saturated rings. The third kappa shape index (κ3) is 3.98. The fraction of sp³-hybridized carbons (Fsp3) is 0.529. The number of nitrogens with zero attached hydrogens (tertiary/aromatic N) is 3. The van der Waals surface area contributed by atoms with E-state index in [1.807, 2.05) is 0 Å². The molecular formula is C17H22ClN5O4. The summed E-state index contributed by atoms with van der Waals surface area (Å²) in [5.41, 5.74) is 0.912. The molecule has 1 aliphatic carbocycles. The molecule has 1 aliphatic heterocycles. The van der Waals surface area contributed by atoms with Crippen LogP contribution in [0.4, 0.5) is 0 Å². The third-order valence-electron chi connectivity index (χ3n) is 4.70. The minimum Gasteiger partial charge on any atom is -0.496 e. The highest BCUT2D eigenvalue weighted by Gasteiger charge is 2.30. The van der Waals surface area contributed by atoms with Crippen LogP contribution in [0.2, 0.25) is 0 Å². The molecule has 0 atom stereocenters. The summed E-state index contributed by atoms with van der Waals surface area (Å²) in [7, 11) is 1.46. The van der Waals surface area contributed by atoms with Crippen LogP contribution in [-0.4, -0.2) is 40.8 Å². The van der Waals surface area contributed by atoms with Crippen LogP contribution < -0.4 is 20.9 Å². The second kappa shape index (κ2) is 8.10. The van der Waals surface area contributed by atoms with Crippen molar-refractivity contribution in [3.8, 4) is 5.75 Å². The second-order valence-corrected chi connectivity index (χ2v) is 6.53. The standard InChI is InChI=1S/C17H21N5O4.ClH/c1-25-12-8-14(23)22-7-6-18-5-4-11(22)15(12)16(24)19-9-13-20-17(26-21-13)10-2-3-10;/h8,10,18H,2-7,9H2,1H3,(H,19,24);1H. The first kappa shape index (κ1) is 19.4. The predicted octanol–water partition coefficient (Wildman–Crippen LogP) is 0.615. The molecular weight excluding hydrogens is 374 g/mol. The molecule has 2 aliphatic rings. The van der Waals surface area contributed by atoms with Crippen molar-refractivity contribution in [2.45, 2.75) is 38.3 Å². The summed E-state index contributed by atoms with van der Waals surface area (Å²) in [5.74, 6) is 1.42. The van der Waals surface area contributed by atoms with E-state index in [1.54, 1.807) is 4.57 Å². The topological polar surface area (TPSA) is 111 Å². The van der Waals surface area contributed by atoms with Crippen LogP contribution in [0.5, 0.6) is 5.75 Å². The van der Waals surface area contributed by atoms with Crippen molar-refractivity contribution in [3.05, 3.63) is 39.4 Å². The zero-order chi connectivity index (χ0) is 18.1. The van der Waals surface area contributed by atoms with Crippen LogP contribution in [0.15, 0.2) is 15.4 Å². The van der Waals surface area contributed by atoms with Crippen molar-refractivity contribution >= 4 is 18.3 Å². The monoisotopic (exact) mass is 395 g/mol. The highest BCUT2D eigenvalue weighted by molar-refractivity contribution is 5.98. The van der Waals surface area contributed by atoms with Gasteiger partial charge in [0.15, 0.2) is 5.82 Å². The van der Waals surface area contributed by atoms with Crippen molar-refractivity contribution in [2.24, 2.45) is 0 Å². The predicted molar refractivity (Wildman–Crippen MR) is 98.5 cm³/mol. The van der Waals surface area contributed by atoms with Crippen LogP contribution in [0, 0.1) is 0 Å². The third-order valence-corrected chi connectivity index (χ3v) is 4.70. The summed E-state index contributed by atoms with van der Waals surface area (Å²) >= 11 is 0. The molecule has 1 saturated carbocycles. The molecule has 27 heavy (non-hydrogen) atoms. The van der Waals surface area contributed by atoms with E-state index in [-0.39, 0.29) is 36.2 Å². The van der Waals surface area contributed by atoms with E-state index in [0.717, 1.165) is 12.8 Å². The Bertz CT molecular complexity index is 890. The van der Waals surface area contributed by atoms with E-state index >= 15 is 0 Å². The number of aromatic nitrogens is 3. The SMILES string of the molecule is COc1cc(=O)n2c(c1C(=O)NCc1noc(C3CC3)n1)CCNCC2.Cl. The molecule has 0 saturated heterocycles. The maximum Gasteiger partial charge on any atom is 0.257 e. The Hall–Kier alpha value is -2.39. The van der Waals surface area contributed by atoms with Crippen LogP contribution >= 0.6 is 12.4 Å². The smallest absolute Gasteiger partial charge is 0.257 e. The zero-order valence-electron chi connectivity index (χ0n) is 15.0. The lowest BCUT2D eigenvalue weighted by atomic mass is 10.1. The summed E-state index contributed by atoms with van der Waals surface area (Å²) < 4.78 is 12.1. The van der Waals surface area contributed by atoms with Gasteiger partial charge in [0.1, 0.15) is 11.3 Å². The van der Waals surface area contributed by atoms with E-state index in [9.17, 15) is 9.59 Å². The molecule has 1 amide bonds. The number of halogens is 1. The molecule has 0 bridgehead atoms. The molecule has 3 heterocycles. The minimum absolute atomic E-state index is 0. The van der Waals surface area contributed by atoms with E-state index in [4.69, 9.17) is 9.26 Å². The normalized spacial score (nSPS) is 16.0. The Balaban J connectivity index is 0.00000210. The maximum absolute atomic E-state index is 12.8. The molecule has 4 rings (SSSR count). The van der Waals surface area contributed by atoms with E-state index in [2.05, 4.69) is 20.8 Å². The number of hydrogen-bond acceptors (Lipinski definition) is 7. The number of nitrogens with one attached hydrogen (secondary N) is 2. The van der Waals surface area contributed by atoms with Gasteiger partial charge in [-0.3, -0.25) is 9.59 Å². The molecule has 10 heteroatoms. The van der Waals surface area contributed by atoms with Gasteiger partial charge in [-0.2, -0.15) is 4.98 Å². The van der Waals surface area contributed by atoms with E-state index < -0.39 is 0 Å². The van der Waals surface area contributed by atoms with Gasteiger partial charge < -0.3 is 24.5 Å². The van der Waals surface area contributed by atoms with Gasteiger partial charge in [0.2, 0.25) is 5.89 Å². The quantitative estimate of drug-likeness (QED) is 0.763. The van der Waals surface area contributed by atoms with Gasteiger partial charge in [-0.1, -0.05) is 5.16 Å². The van der Waals surface area contributed by atoms with Gasteiger partial charge in [-0.15, -0.1) is 12.4 Å². The first-order valence-corrected chi connectivity index (χ1v) is 8.79. The molecule has 2 N–H and O–H groups in total. The molecule has 0 radical (unpaired) electrons. The molecule has 0 unspecified atom stereocenters. The summed E-state index contributed by atoms with van der Waals surface area (Å²) in [6.45, 7) is 2.07. The van der Waals surface area contributed by atoms with Gasteiger partial charge in [-0.25, -0.2) is 0 Å². The van der Waals surface area contributed by atoms with Gasteiger partial charge in [0, 0.05) is 43.7 Å². The summed E-state index contributed by atoms with van der Waals surface area (Å²) in [4.78, 5) is 29.5. The first-order valence-electron chi connectivity index (χ1n) is 8.79. The van der Waals surface area contributed by atoms with Gasteiger partial charge >= 0.3 is 0 Å². The number of amides is 1. The molecule has 9 nitrogen and oxygen atoms in total. The lowest BCUT2D eigenvalue weighted by Gasteiger charge is -2.16. The number of fused-ring (bicyclic) bond motifs is 1. The highest BCUT2D eigenvalue weighted by atomic mass is 35.5. The Morgan fingerprint density at radius 2 is 2.26 bits per heavy atom. The van der Waals surface area contributed by atoms with Gasteiger partial charge in [0.05, 0.1) is 13.7 Å². The maximum atomic E-state index is 12.8. The molecule has 2 aromatic heterocycles. The highest BCUT2D eigenvalue weighted by Crippen LogP contribution is 2.38. The lowest BCUT2D eigenvalue weighted by Crippen LogP contribution is -2.31. The summed E-state index contributed by atoms with van der Waals surface area (Å²) in [5, 5.41) is 9.96. The number of pyridine rings is 1. The zero-order valence-corrected chi connectivity index (χ0v) is 15.8. The number of methoxy groups -OCH3 is 1. The summed E-state index contributed by atoms with van der Waals surface area (Å²) in [6, 6.07) is 1.36. The number of hydrogen-bond donors (Lipinski definition) is 2. The number of rotatable bonds is 5. The van der Waals surface area contributed by atoms with Crippen molar-refractivity contribution in [2.75, 3.05) is 20.2 Å². The number of carbonyl (C=O) groups is 1. The lowest BCUT2D eigenvalue weighted by molar-refractivity contribution is 0.0944. The largest absolute Gasteiger partial charge is 0.496 e. The van der Waals surface area contributed by atoms with Crippen LogP contribution in [0.1, 0.15) is 46.5 Å². The number of carbonyl (C=O) groups excluding carboxylic acids is 1. The minimum atomic E-state index is -0.315. The average molecular weight is 396 g/mol. The summed E-state index contributed by atoms with van der Waals surface area (Å²) in [6.07, 6.45) is 2.72. The van der Waals surface area contributed by atoms with Crippen molar-refractivity contribution < 1.29 is 14.1 Å². The molecule has 2 aromatic rings. The fourth-order valence-corrected chi connectivity index (χ4v) is 3.19. The van der Waals surface area contributed by atoms with Crippen LogP contribution in [-0.2, 0) is 19.5 Å². The second-order valence-electron chi connectivity index (χ2n) is 6.53. The fourth-order valence-electron chi connectivity index (χ4n) is 3.19.